The molecule has 0 spiro atoms. The van der Waals surface area contributed by atoms with Crippen molar-refractivity contribution in [2.24, 2.45) is 0 Å². The molecule has 0 saturated heterocycles. The zero-order chi connectivity index (χ0) is 13.7. The van der Waals surface area contributed by atoms with Crippen LogP contribution in [0, 0.1) is 12.2 Å². The fourth-order valence-electron chi connectivity index (χ4n) is 2.32. The summed E-state index contributed by atoms with van der Waals surface area (Å²) in [6, 6.07) is 0. The van der Waals surface area contributed by atoms with E-state index in [-0.39, 0.29) is 26.2 Å². The summed E-state index contributed by atoms with van der Waals surface area (Å²) < 4.78 is 0. The Morgan fingerprint density at radius 2 is 1.05 bits per heavy atom. The molecular weight excluding hydrogens is 307 g/mol. The molecule has 0 unspecified atom stereocenters. The first kappa shape index (κ1) is 18.8. The molecule has 19 heavy (non-hydrogen) atoms. The van der Waals surface area contributed by atoms with Gasteiger partial charge in [-0.25, -0.2) is 11.1 Å². The third kappa shape index (κ3) is 5.03. The van der Waals surface area contributed by atoms with Crippen LogP contribution in [0.2, 0.25) is 0 Å². The van der Waals surface area contributed by atoms with E-state index in [0.29, 0.717) is 0 Å². The van der Waals surface area contributed by atoms with Crippen molar-refractivity contribution in [2.75, 3.05) is 0 Å². The first-order chi connectivity index (χ1) is 8.51. The van der Waals surface area contributed by atoms with Crippen molar-refractivity contribution in [1.82, 2.24) is 0 Å². The van der Waals surface area contributed by atoms with Crippen molar-refractivity contribution in [1.29, 1.82) is 0 Å². The maximum atomic E-state index is 3.31. The monoisotopic (exact) mass is 332 g/mol. The Kier molecular flexibility index (Phi) is 8.83. The Labute approximate surface area is 138 Å². The zero-order valence-electron chi connectivity index (χ0n) is 13.3. The van der Waals surface area contributed by atoms with Gasteiger partial charge in [0.2, 0.25) is 0 Å². The molecule has 102 valence electrons. The summed E-state index contributed by atoms with van der Waals surface area (Å²) in [5.41, 5.74) is 8.77. The van der Waals surface area contributed by atoms with Crippen LogP contribution in [-0.2, 0) is 26.2 Å². The summed E-state index contributed by atoms with van der Waals surface area (Å²) in [6.07, 6.45) is 11.2. The SMILES string of the molecule is CCC1=C(C)C(C)=[C-]C1.CCC1=C(C)C(C)=[C-]C1.[Zr+2]. The van der Waals surface area contributed by atoms with Gasteiger partial charge >= 0.3 is 26.2 Å². The standard InChI is InChI=1S/2C9H13.Zr/c2*1-4-9-6-5-7(2)8(9)3;/h2*4,6H2,1-3H3;/q2*-1;+2. The second-order valence-corrected chi connectivity index (χ2v) is 5.12. The second-order valence-electron chi connectivity index (χ2n) is 5.12. The molecule has 2 aliphatic carbocycles. The molecule has 0 saturated carbocycles. The molecule has 0 aromatic heterocycles. The third-order valence-corrected chi connectivity index (χ3v) is 4.17. The van der Waals surface area contributed by atoms with Gasteiger partial charge in [-0.2, -0.15) is 22.3 Å². The average Bonchev–Trinajstić information content (AvgIpc) is 2.86. The fourth-order valence-corrected chi connectivity index (χ4v) is 2.32. The van der Waals surface area contributed by atoms with E-state index in [2.05, 4.69) is 53.7 Å². The predicted molar refractivity (Wildman–Crippen MR) is 80.1 cm³/mol. The Balaban J connectivity index is 0.000000324. The van der Waals surface area contributed by atoms with Crippen molar-refractivity contribution in [3.8, 4) is 0 Å². The second kappa shape index (κ2) is 8.90. The zero-order valence-corrected chi connectivity index (χ0v) is 15.8. The normalized spacial score (nSPS) is 17.8. The van der Waals surface area contributed by atoms with Gasteiger partial charge in [0.15, 0.2) is 0 Å². The largest absolute Gasteiger partial charge is 2.00 e. The van der Waals surface area contributed by atoms with Crippen molar-refractivity contribution in [3.05, 3.63) is 45.6 Å². The Morgan fingerprint density at radius 3 is 1.16 bits per heavy atom. The summed E-state index contributed by atoms with van der Waals surface area (Å²) >= 11 is 0. The fraction of sp³-hybridized carbons (Fsp3) is 0.556. The van der Waals surface area contributed by atoms with E-state index in [1.54, 1.807) is 11.1 Å². The first-order valence-corrected chi connectivity index (χ1v) is 7.04. The third-order valence-electron chi connectivity index (χ3n) is 4.17. The van der Waals surface area contributed by atoms with Crippen LogP contribution in [0.4, 0.5) is 0 Å². The van der Waals surface area contributed by atoms with Crippen LogP contribution in [0.5, 0.6) is 0 Å². The van der Waals surface area contributed by atoms with Crippen LogP contribution in [0.15, 0.2) is 33.4 Å². The summed E-state index contributed by atoms with van der Waals surface area (Å²) in [6.45, 7) is 13.1. The molecule has 0 nitrogen and oxygen atoms in total. The summed E-state index contributed by atoms with van der Waals surface area (Å²) in [5.74, 6) is 0. The molecule has 2 aliphatic rings. The molecule has 1 heteroatoms. The minimum absolute atomic E-state index is 0. The molecule has 2 rings (SSSR count). The molecule has 0 aromatic rings. The van der Waals surface area contributed by atoms with Crippen molar-refractivity contribution in [2.45, 2.75) is 67.2 Å². The van der Waals surface area contributed by atoms with Gasteiger partial charge in [0.05, 0.1) is 0 Å². The van der Waals surface area contributed by atoms with Crippen LogP contribution in [0.3, 0.4) is 0 Å². The quantitative estimate of drug-likeness (QED) is 0.566. The van der Waals surface area contributed by atoms with E-state index < -0.39 is 0 Å². The minimum Gasteiger partial charge on any atom is -0.269 e. The van der Waals surface area contributed by atoms with E-state index >= 15 is 0 Å². The molecule has 0 N–H and O–H groups in total. The smallest absolute Gasteiger partial charge is 0.269 e. The van der Waals surface area contributed by atoms with E-state index in [4.69, 9.17) is 0 Å². The van der Waals surface area contributed by atoms with Gasteiger partial charge < -0.3 is 0 Å². The number of rotatable bonds is 2. The van der Waals surface area contributed by atoms with Crippen molar-refractivity contribution < 1.29 is 26.2 Å². The van der Waals surface area contributed by atoms with E-state index in [0.717, 1.165) is 12.8 Å². The van der Waals surface area contributed by atoms with Gasteiger partial charge in [-0.3, -0.25) is 12.2 Å². The first-order valence-electron chi connectivity index (χ1n) is 7.04. The van der Waals surface area contributed by atoms with Crippen LogP contribution < -0.4 is 0 Å². The van der Waals surface area contributed by atoms with E-state index in [9.17, 15) is 0 Å². The molecule has 0 amide bonds. The summed E-state index contributed by atoms with van der Waals surface area (Å²) in [7, 11) is 0. The van der Waals surface area contributed by atoms with Crippen molar-refractivity contribution >= 4 is 0 Å². The van der Waals surface area contributed by atoms with Gasteiger partial charge in [-0.05, 0) is 0 Å². The molecule has 0 aliphatic heterocycles. The van der Waals surface area contributed by atoms with Crippen LogP contribution in [0.1, 0.15) is 67.2 Å². The Hall–Kier alpha value is -0.157. The van der Waals surface area contributed by atoms with Gasteiger partial charge in [0.1, 0.15) is 0 Å². The average molecular weight is 334 g/mol. The molecule has 0 radical (unpaired) electrons. The van der Waals surface area contributed by atoms with Gasteiger partial charge in [0, 0.05) is 0 Å². The van der Waals surface area contributed by atoms with Gasteiger partial charge in [0.25, 0.3) is 0 Å². The number of allylic oxidation sites excluding steroid dienone is 8. The maximum absolute atomic E-state index is 3.31. The summed E-state index contributed by atoms with van der Waals surface area (Å²) in [4.78, 5) is 0. The van der Waals surface area contributed by atoms with Gasteiger partial charge in [-0.1, -0.05) is 40.5 Å². The summed E-state index contributed by atoms with van der Waals surface area (Å²) in [5, 5.41) is 0. The van der Waals surface area contributed by atoms with E-state index in [1.807, 2.05) is 0 Å². The maximum Gasteiger partial charge on any atom is 2.00 e. The molecule has 0 aromatic carbocycles. The van der Waals surface area contributed by atoms with Crippen LogP contribution >= 0.6 is 0 Å². The predicted octanol–water partition coefficient (Wildman–Crippen LogP) is 5.73. The topological polar surface area (TPSA) is 0 Å². The molecule has 0 atom stereocenters. The Bertz CT molecular complexity index is 389. The molecular formula is C18H26Zr. The Morgan fingerprint density at radius 1 is 0.737 bits per heavy atom. The minimum atomic E-state index is 0. The number of hydrogen-bond acceptors (Lipinski definition) is 0. The van der Waals surface area contributed by atoms with Crippen LogP contribution in [0.25, 0.3) is 0 Å². The molecule has 0 bridgehead atoms. The van der Waals surface area contributed by atoms with Crippen molar-refractivity contribution in [3.63, 3.8) is 0 Å². The molecule has 0 fully saturated rings. The number of hydrogen-bond donors (Lipinski definition) is 0. The molecule has 0 heterocycles. The van der Waals surface area contributed by atoms with Crippen LogP contribution in [-0.4, -0.2) is 0 Å². The van der Waals surface area contributed by atoms with E-state index in [1.165, 1.54) is 35.1 Å². The van der Waals surface area contributed by atoms with Gasteiger partial charge in [-0.15, -0.1) is 26.7 Å².